The number of rotatable bonds is 3. The Bertz CT molecular complexity index is 431. The van der Waals surface area contributed by atoms with Gasteiger partial charge >= 0.3 is 0 Å². The summed E-state index contributed by atoms with van der Waals surface area (Å²) in [4.78, 5) is 1.42. The second-order valence-corrected chi connectivity index (χ2v) is 4.70. The Morgan fingerprint density at radius 3 is 2.93 bits per heavy atom. The molecule has 0 spiro atoms. The summed E-state index contributed by atoms with van der Waals surface area (Å²) >= 11 is 1.88. The molecular formula is C12H15NS. The third kappa shape index (κ3) is 1.97. The average molecular weight is 205 g/mol. The van der Waals surface area contributed by atoms with Crippen LogP contribution < -0.4 is 5.32 Å². The Morgan fingerprint density at radius 2 is 2.14 bits per heavy atom. The standard InChI is InChI=1S/C12H15NS/c1-3-13-8-11-7-10-6-9(2)4-5-12(10)14-11/h4-7,13H,3,8H2,1-2H3. The van der Waals surface area contributed by atoms with Crippen LogP contribution in [0.1, 0.15) is 17.4 Å². The summed E-state index contributed by atoms with van der Waals surface area (Å²) in [5, 5.41) is 4.73. The monoisotopic (exact) mass is 205 g/mol. The summed E-state index contributed by atoms with van der Waals surface area (Å²) in [6, 6.07) is 8.93. The highest BCUT2D eigenvalue weighted by molar-refractivity contribution is 7.19. The van der Waals surface area contributed by atoms with Gasteiger partial charge in [0.1, 0.15) is 0 Å². The lowest BCUT2D eigenvalue weighted by Gasteiger charge is -1.94. The summed E-state index contributed by atoms with van der Waals surface area (Å²) in [5.74, 6) is 0. The van der Waals surface area contributed by atoms with E-state index in [1.54, 1.807) is 0 Å². The van der Waals surface area contributed by atoms with Gasteiger partial charge in [0.25, 0.3) is 0 Å². The first kappa shape index (κ1) is 9.69. The Kier molecular flexibility index (Phi) is 2.85. The van der Waals surface area contributed by atoms with E-state index < -0.39 is 0 Å². The molecule has 0 atom stereocenters. The summed E-state index contributed by atoms with van der Waals surface area (Å²) < 4.78 is 1.39. The summed E-state index contributed by atoms with van der Waals surface area (Å²) in [6.07, 6.45) is 0. The highest BCUT2D eigenvalue weighted by Gasteiger charge is 2.00. The van der Waals surface area contributed by atoms with Gasteiger partial charge in [-0.15, -0.1) is 11.3 Å². The van der Waals surface area contributed by atoms with E-state index in [9.17, 15) is 0 Å². The van der Waals surface area contributed by atoms with Gasteiger partial charge in [0.2, 0.25) is 0 Å². The van der Waals surface area contributed by atoms with E-state index in [4.69, 9.17) is 0 Å². The fraction of sp³-hybridized carbons (Fsp3) is 0.333. The SMILES string of the molecule is CCNCc1cc2cc(C)ccc2s1. The minimum absolute atomic E-state index is 0.995. The zero-order valence-electron chi connectivity index (χ0n) is 8.63. The van der Waals surface area contributed by atoms with Gasteiger partial charge in [0.05, 0.1) is 0 Å². The smallest absolute Gasteiger partial charge is 0.0346 e. The molecule has 0 saturated carbocycles. The molecule has 2 heteroatoms. The van der Waals surface area contributed by atoms with Crippen molar-refractivity contribution in [1.82, 2.24) is 5.32 Å². The summed E-state index contributed by atoms with van der Waals surface area (Å²) in [6.45, 7) is 6.31. The van der Waals surface area contributed by atoms with Gasteiger partial charge in [-0.3, -0.25) is 0 Å². The molecule has 2 aromatic rings. The van der Waals surface area contributed by atoms with Crippen molar-refractivity contribution in [3.8, 4) is 0 Å². The van der Waals surface area contributed by atoms with Crippen LogP contribution in [0.4, 0.5) is 0 Å². The lowest BCUT2D eigenvalue weighted by molar-refractivity contribution is 0.736. The van der Waals surface area contributed by atoms with Crippen molar-refractivity contribution >= 4 is 21.4 Å². The highest BCUT2D eigenvalue weighted by Crippen LogP contribution is 2.26. The molecule has 0 saturated heterocycles. The lowest BCUT2D eigenvalue weighted by Crippen LogP contribution is -2.10. The summed E-state index contributed by atoms with van der Waals surface area (Å²) in [7, 11) is 0. The van der Waals surface area contributed by atoms with Crippen LogP contribution in [0.2, 0.25) is 0 Å². The second-order valence-electron chi connectivity index (χ2n) is 3.53. The van der Waals surface area contributed by atoms with E-state index in [0.717, 1.165) is 13.1 Å². The average Bonchev–Trinajstić information content (AvgIpc) is 2.56. The van der Waals surface area contributed by atoms with Crippen molar-refractivity contribution in [2.24, 2.45) is 0 Å². The Balaban J connectivity index is 2.32. The van der Waals surface area contributed by atoms with Crippen LogP contribution >= 0.6 is 11.3 Å². The van der Waals surface area contributed by atoms with E-state index in [1.165, 1.54) is 20.5 Å². The van der Waals surface area contributed by atoms with Gasteiger partial charge < -0.3 is 5.32 Å². The zero-order chi connectivity index (χ0) is 9.97. The van der Waals surface area contributed by atoms with Crippen molar-refractivity contribution in [2.75, 3.05) is 6.54 Å². The van der Waals surface area contributed by atoms with Crippen LogP contribution in [0.25, 0.3) is 10.1 Å². The van der Waals surface area contributed by atoms with Crippen LogP contribution in [0, 0.1) is 6.92 Å². The Morgan fingerprint density at radius 1 is 1.29 bits per heavy atom. The third-order valence-corrected chi connectivity index (χ3v) is 3.39. The maximum atomic E-state index is 3.35. The van der Waals surface area contributed by atoms with Crippen molar-refractivity contribution in [2.45, 2.75) is 20.4 Å². The quantitative estimate of drug-likeness (QED) is 0.810. The van der Waals surface area contributed by atoms with Gasteiger partial charge in [-0.25, -0.2) is 0 Å². The lowest BCUT2D eigenvalue weighted by atomic mass is 10.2. The molecule has 1 heterocycles. The predicted octanol–water partition coefficient (Wildman–Crippen LogP) is 3.32. The molecule has 74 valence electrons. The third-order valence-electron chi connectivity index (χ3n) is 2.27. The topological polar surface area (TPSA) is 12.0 Å². The molecular weight excluding hydrogens is 190 g/mol. The van der Waals surface area contributed by atoms with Gasteiger partial charge in [-0.1, -0.05) is 24.6 Å². The first-order chi connectivity index (χ1) is 6.79. The van der Waals surface area contributed by atoms with E-state index in [-0.39, 0.29) is 0 Å². The number of thiophene rings is 1. The summed E-state index contributed by atoms with van der Waals surface area (Å²) in [5.41, 5.74) is 1.34. The molecule has 0 unspecified atom stereocenters. The van der Waals surface area contributed by atoms with Gasteiger partial charge in [0, 0.05) is 16.1 Å². The first-order valence-corrected chi connectivity index (χ1v) is 5.81. The van der Waals surface area contributed by atoms with Crippen LogP contribution in [0.5, 0.6) is 0 Å². The molecule has 0 amide bonds. The largest absolute Gasteiger partial charge is 0.312 e. The minimum Gasteiger partial charge on any atom is -0.312 e. The first-order valence-electron chi connectivity index (χ1n) is 4.99. The number of benzene rings is 1. The maximum Gasteiger partial charge on any atom is 0.0346 e. The predicted molar refractivity (Wildman–Crippen MR) is 63.9 cm³/mol. The number of hydrogen-bond acceptors (Lipinski definition) is 2. The Labute approximate surface area is 88.8 Å². The zero-order valence-corrected chi connectivity index (χ0v) is 9.45. The van der Waals surface area contributed by atoms with Crippen LogP contribution in [0.3, 0.4) is 0 Å². The molecule has 14 heavy (non-hydrogen) atoms. The molecule has 1 aromatic carbocycles. The van der Waals surface area contributed by atoms with E-state index in [2.05, 4.69) is 43.4 Å². The maximum absolute atomic E-state index is 3.35. The van der Waals surface area contributed by atoms with E-state index in [1.807, 2.05) is 11.3 Å². The van der Waals surface area contributed by atoms with Crippen LogP contribution in [0.15, 0.2) is 24.3 Å². The Hall–Kier alpha value is -0.860. The molecule has 0 radical (unpaired) electrons. The van der Waals surface area contributed by atoms with Crippen LogP contribution in [-0.4, -0.2) is 6.54 Å². The molecule has 1 nitrogen and oxygen atoms in total. The van der Waals surface area contributed by atoms with Crippen molar-refractivity contribution in [3.63, 3.8) is 0 Å². The second kappa shape index (κ2) is 4.11. The van der Waals surface area contributed by atoms with Gasteiger partial charge in [0.15, 0.2) is 0 Å². The molecule has 0 aliphatic rings. The number of hydrogen-bond donors (Lipinski definition) is 1. The molecule has 2 rings (SSSR count). The fourth-order valence-electron chi connectivity index (χ4n) is 1.55. The molecule has 1 N–H and O–H groups in total. The molecule has 0 aliphatic heterocycles. The van der Waals surface area contributed by atoms with E-state index >= 15 is 0 Å². The minimum atomic E-state index is 0.995. The van der Waals surface area contributed by atoms with E-state index in [0.29, 0.717) is 0 Å². The normalized spacial score (nSPS) is 11.0. The molecule has 0 bridgehead atoms. The number of aryl methyl sites for hydroxylation is 1. The van der Waals surface area contributed by atoms with Gasteiger partial charge in [-0.2, -0.15) is 0 Å². The molecule has 0 aliphatic carbocycles. The van der Waals surface area contributed by atoms with Crippen LogP contribution in [-0.2, 0) is 6.54 Å². The fourth-order valence-corrected chi connectivity index (χ4v) is 2.57. The highest BCUT2D eigenvalue weighted by atomic mass is 32.1. The molecule has 0 fully saturated rings. The van der Waals surface area contributed by atoms with Crippen molar-refractivity contribution in [1.29, 1.82) is 0 Å². The number of nitrogens with one attached hydrogen (secondary N) is 1. The molecule has 1 aromatic heterocycles. The van der Waals surface area contributed by atoms with Crippen molar-refractivity contribution < 1.29 is 0 Å². The van der Waals surface area contributed by atoms with Crippen molar-refractivity contribution in [3.05, 3.63) is 34.7 Å². The van der Waals surface area contributed by atoms with Gasteiger partial charge in [-0.05, 0) is 31.0 Å². The number of fused-ring (bicyclic) bond motifs is 1.